The number of rotatable bonds is 5. The van der Waals surface area contributed by atoms with Crippen LogP contribution >= 0.6 is 0 Å². The third kappa shape index (κ3) is 4.16. The van der Waals surface area contributed by atoms with E-state index in [0.717, 1.165) is 38.2 Å². The molecule has 0 bridgehead atoms. The highest BCUT2D eigenvalue weighted by Crippen LogP contribution is 2.30. The predicted octanol–water partition coefficient (Wildman–Crippen LogP) is 5.06. The lowest BCUT2D eigenvalue weighted by Gasteiger charge is -2.21. The molecule has 3 nitrogen and oxygen atoms in total. The topological polar surface area (TPSA) is 17.4 Å². The van der Waals surface area contributed by atoms with E-state index in [4.69, 9.17) is 4.74 Å². The van der Waals surface area contributed by atoms with E-state index >= 15 is 0 Å². The Labute approximate surface area is 160 Å². The molecule has 0 N–H and O–H groups in total. The van der Waals surface area contributed by atoms with Crippen molar-refractivity contribution in [2.24, 2.45) is 0 Å². The molecule has 0 radical (unpaired) electrons. The minimum atomic E-state index is -0.160. The molecule has 142 valence electrons. The predicted molar refractivity (Wildman–Crippen MR) is 108 cm³/mol. The second-order valence-corrected chi connectivity index (χ2v) is 7.45. The zero-order valence-corrected chi connectivity index (χ0v) is 15.9. The van der Waals surface area contributed by atoms with Crippen molar-refractivity contribution in [2.75, 3.05) is 26.7 Å². The summed E-state index contributed by atoms with van der Waals surface area (Å²) in [6, 6.07) is 15.9. The Bertz CT molecular complexity index is 887. The summed E-state index contributed by atoms with van der Waals surface area (Å²) in [7, 11) is 1.72. The maximum absolute atomic E-state index is 13.1. The molecule has 27 heavy (non-hydrogen) atoms. The van der Waals surface area contributed by atoms with Crippen molar-refractivity contribution in [2.45, 2.75) is 31.7 Å². The Morgan fingerprint density at radius 2 is 1.89 bits per heavy atom. The van der Waals surface area contributed by atoms with Crippen molar-refractivity contribution in [3.05, 3.63) is 66.1 Å². The minimum Gasteiger partial charge on any atom is -0.497 e. The van der Waals surface area contributed by atoms with E-state index in [1.165, 1.54) is 29.3 Å². The van der Waals surface area contributed by atoms with E-state index in [9.17, 15) is 4.39 Å². The Kier molecular flexibility index (Phi) is 5.44. The number of ether oxygens (including phenoxy) is 1. The summed E-state index contributed by atoms with van der Waals surface area (Å²) in [6.45, 7) is 3.29. The average Bonchev–Trinajstić information content (AvgIpc) is 2.97. The van der Waals surface area contributed by atoms with Crippen LogP contribution in [0.5, 0.6) is 5.75 Å². The first-order chi connectivity index (χ1) is 13.2. The molecule has 0 saturated carbocycles. The number of fused-ring (bicyclic) bond motifs is 1. The molecule has 2 aromatic carbocycles. The van der Waals surface area contributed by atoms with Crippen LogP contribution in [0.15, 0.2) is 54.7 Å². The molecule has 4 heteroatoms. The van der Waals surface area contributed by atoms with Crippen LogP contribution in [0.25, 0.3) is 10.9 Å². The Morgan fingerprint density at radius 3 is 2.70 bits per heavy atom. The summed E-state index contributed by atoms with van der Waals surface area (Å²) in [5, 5.41) is 1.27. The van der Waals surface area contributed by atoms with Crippen molar-refractivity contribution >= 4 is 10.9 Å². The lowest BCUT2D eigenvalue weighted by atomic mass is 10.1. The average molecular weight is 366 g/mol. The van der Waals surface area contributed by atoms with Crippen molar-refractivity contribution in [1.82, 2.24) is 9.47 Å². The summed E-state index contributed by atoms with van der Waals surface area (Å²) < 4.78 is 20.9. The number of hydrogen-bond acceptors (Lipinski definition) is 2. The second kappa shape index (κ2) is 8.13. The smallest absolute Gasteiger partial charge is 0.123 e. The molecule has 1 aliphatic heterocycles. The SMILES string of the molecule is COc1ccc2ccn(C3CCCN(CCc4ccc(F)cc4)CC3)c2c1. The molecule has 1 aliphatic rings. The van der Waals surface area contributed by atoms with Gasteiger partial charge in [-0.3, -0.25) is 0 Å². The fourth-order valence-electron chi connectivity index (χ4n) is 4.15. The fourth-order valence-corrected chi connectivity index (χ4v) is 4.15. The van der Waals surface area contributed by atoms with Gasteiger partial charge in [0.2, 0.25) is 0 Å². The number of benzene rings is 2. The number of halogens is 1. The fraction of sp³-hybridized carbons (Fsp3) is 0.391. The summed E-state index contributed by atoms with van der Waals surface area (Å²) in [5.41, 5.74) is 2.47. The van der Waals surface area contributed by atoms with Gasteiger partial charge in [-0.05, 0) is 73.5 Å². The van der Waals surface area contributed by atoms with Crippen molar-refractivity contribution < 1.29 is 9.13 Å². The van der Waals surface area contributed by atoms with Gasteiger partial charge in [0.05, 0.1) is 12.6 Å². The Hall–Kier alpha value is -2.33. The molecule has 1 fully saturated rings. The quantitative estimate of drug-likeness (QED) is 0.628. The highest BCUT2D eigenvalue weighted by Gasteiger charge is 2.19. The lowest BCUT2D eigenvalue weighted by Crippen LogP contribution is -2.27. The van der Waals surface area contributed by atoms with Crippen LogP contribution in [-0.2, 0) is 6.42 Å². The molecule has 2 heterocycles. The van der Waals surface area contributed by atoms with Gasteiger partial charge < -0.3 is 14.2 Å². The van der Waals surface area contributed by atoms with Gasteiger partial charge in [0.1, 0.15) is 11.6 Å². The van der Waals surface area contributed by atoms with Crippen LogP contribution in [-0.4, -0.2) is 36.2 Å². The summed E-state index contributed by atoms with van der Waals surface area (Å²) >= 11 is 0. The van der Waals surface area contributed by atoms with Crippen LogP contribution in [0.3, 0.4) is 0 Å². The van der Waals surface area contributed by atoms with E-state index in [2.05, 4.69) is 33.9 Å². The summed E-state index contributed by atoms with van der Waals surface area (Å²) in [6.07, 6.45) is 6.77. The first kappa shape index (κ1) is 18.1. The van der Waals surface area contributed by atoms with Crippen LogP contribution in [0.1, 0.15) is 30.9 Å². The summed E-state index contributed by atoms with van der Waals surface area (Å²) in [4.78, 5) is 2.55. The molecule has 1 atom stereocenters. The molecule has 1 aromatic heterocycles. The molecule has 1 unspecified atom stereocenters. The van der Waals surface area contributed by atoms with Gasteiger partial charge in [-0.2, -0.15) is 0 Å². The van der Waals surface area contributed by atoms with E-state index in [-0.39, 0.29) is 5.82 Å². The van der Waals surface area contributed by atoms with Gasteiger partial charge in [0.25, 0.3) is 0 Å². The molecule has 0 amide bonds. The third-order valence-electron chi connectivity index (χ3n) is 5.74. The normalized spacial score (nSPS) is 18.5. The Morgan fingerprint density at radius 1 is 1.04 bits per heavy atom. The van der Waals surface area contributed by atoms with Crippen LogP contribution in [0.2, 0.25) is 0 Å². The highest BCUT2D eigenvalue weighted by molar-refractivity contribution is 5.81. The van der Waals surface area contributed by atoms with E-state index in [1.54, 1.807) is 19.2 Å². The van der Waals surface area contributed by atoms with Gasteiger partial charge >= 0.3 is 0 Å². The largest absolute Gasteiger partial charge is 0.497 e. The van der Waals surface area contributed by atoms with Crippen molar-refractivity contribution in [3.63, 3.8) is 0 Å². The number of hydrogen-bond donors (Lipinski definition) is 0. The van der Waals surface area contributed by atoms with Gasteiger partial charge in [-0.25, -0.2) is 4.39 Å². The zero-order valence-electron chi connectivity index (χ0n) is 15.9. The molecular formula is C23H27FN2O. The first-order valence-electron chi connectivity index (χ1n) is 9.84. The molecule has 3 aromatic rings. The third-order valence-corrected chi connectivity index (χ3v) is 5.74. The van der Waals surface area contributed by atoms with Crippen LogP contribution in [0, 0.1) is 5.82 Å². The van der Waals surface area contributed by atoms with Crippen LogP contribution in [0.4, 0.5) is 4.39 Å². The standard InChI is InChI=1S/C23H27FN2O/c1-27-22-9-6-19-11-16-26(23(19)17-22)21-3-2-13-25(15-12-21)14-10-18-4-7-20(24)8-5-18/h4-9,11,16-17,21H,2-3,10,12-15H2,1H3. The van der Waals surface area contributed by atoms with Gasteiger partial charge in [0, 0.05) is 31.4 Å². The maximum atomic E-state index is 13.1. The van der Waals surface area contributed by atoms with Gasteiger partial charge in [-0.15, -0.1) is 0 Å². The van der Waals surface area contributed by atoms with Crippen LogP contribution < -0.4 is 4.74 Å². The van der Waals surface area contributed by atoms with Gasteiger partial charge in [-0.1, -0.05) is 12.1 Å². The second-order valence-electron chi connectivity index (χ2n) is 7.45. The number of likely N-dealkylation sites (tertiary alicyclic amines) is 1. The highest BCUT2D eigenvalue weighted by atomic mass is 19.1. The molecular weight excluding hydrogens is 339 g/mol. The van der Waals surface area contributed by atoms with Crippen molar-refractivity contribution in [3.8, 4) is 5.75 Å². The monoisotopic (exact) mass is 366 g/mol. The summed E-state index contributed by atoms with van der Waals surface area (Å²) in [5.74, 6) is 0.754. The number of aromatic nitrogens is 1. The van der Waals surface area contributed by atoms with E-state index in [0.29, 0.717) is 6.04 Å². The molecule has 1 saturated heterocycles. The van der Waals surface area contributed by atoms with E-state index < -0.39 is 0 Å². The molecule has 4 rings (SSSR count). The number of methoxy groups -OCH3 is 1. The number of nitrogens with zero attached hydrogens (tertiary/aromatic N) is 2. The molecule has 0 spiro atoms. The zero-order chi connectivity index (χ0) is 18.6. The Balaban J connectivity index is 1.40. The van der Waals surface area contributed by atoms with Crippen molar-refractivity contribution in [1.29, 1.82) is 0 Å². The first-order valence-corrected chi connectivity index (χ1v) is 9.84. The lowest BCUT2D eigenvalue weighted by molar-refractivity contribution is 0.284. The maximum Gasteiger partial charge on any atom is 0.123 e. The minimum absolute atomic E-state index is 0.160. The van der Waals surface area contributed by atoms with E-state index in [1.807, 2.05) is 18.2 Å². The van der Waals surface area contributed by atoms with Gasteiger partial charge in [0.15, 0.2) is 0 Å². The molecule has 0 aliphatic carbocycles.